The van der Waals surface area contributed by atoms with E-state index in [9.17, 15) is 0 Å². The van der Waals surface area contributed by atoms with Crippen LogP contribution < -0.4 is 14.4 Å². The van der Waals surface area contributed by atoms with Crippen molar-refractivity contribution >= 4 is 17.3 Å². The summed E-state index contributed by atoms with van der Waals surface area (Å²) >= 11 is 1.77. The summed E-state index contributed by atoms with van der Waals surface area (Å²) in [6.45, 7) is 2.86. The van der Waals surface area contributed by atoms with Gasteiger partial charge in [0.25, 0.3) is 0 Å². The Hall–Kier alpha value is -1.82. The third-order valence-electron chi connectivity index (χ3n) is 2.62. The fourth-order valence-corrected chi connectivity index (χ4v) is 2.59. The number of aromatic nitrogens is 2. The summed E-state index contributed by atoms with van der Waals surface area (Å²) in [4.78, 5) is 13.2. The lowest BCUT2D eigenvalue weighted by molar-refractivity contribution is 0.372. The average molecular weight is 279 g/mol. The van der Waals surface area contributed by atoms with Crippen LogP contribution in [-0.2, 0) is 6.54 Å². The molecular formula is C13H17N3O2S. The summed E-state index contributed by atoms with van der Waals surface area (Å²) in [5.74, 6) is 1.58. The Morgan fingerprint density at radius 3 is 2.26 bits per heavy atom. The van der Waals surface area contributed by atoms with Crippen LogP contribution in [0.15, 0.2) is 18.2 Å². The van der Waals surface area contributed by atoms with Crippen LogP contribution in [0, 0.1) is 6.92 Å². The minimum absolute atomic E-state index is 0.496. The Labute approximate surface area is 116 Å². The average Bonchev–Trinajstić information content (AvgIpc) is 2.83. The second kappa shape index (κ2) is 5.88. The molecule has 0 saturated carbocycles. The summed E-state index contributed by atoms with van der Waals surface area (Å²) in [5, 5.41) is 0. The standard InChI is InChI=1S/C13H17N3O2S/c1-9-5-6-10(19-9)8-16(2)13-14-11(17-3)7-12(15-13)18-4/h5-7H,8H2,1-4H3. The van der Waals surface area contributed by atoms with E-state index in [1.165, 1.54) is 9.75 Å². The molecule has 2 heterocycles. The van der Waals surface area contributed by atoms with Gasteiger partial charge in [0.2, 0.25) is 17.7 Å². The first-order valence-corrected chi connectivity index (χ1v) is 6.67. The molecule has 5 nitrogen and oxygen atoms in total. The minimum Gasteiger partial charge on any atom is -0.481 e. The fraction of sp³-hybridized carbons (Fsp3) is 0.385. The highest BCUT2D eigenvalue weighted by Crippen LogP contribution is 2.22. The summed E-state index contributed by atoms with van der Waals surface area (Å²) in [6, 6.07) is 5.89. The fourth-order valence-electron chi connectivity index (χ4n) is 1.65. The number of methoxy groups -OCH3 is 2. The normalized spacial score (nSPS) is 10.3. The second-order valence-electron chi connectivity index (χ2n) is 4.12. The molecule has 0 radical (unpaired) electrons. The molecule has 0 aliphatic carbocycles. The van der Waals surface area contributed by atoms with Crippen molar-refractivity contribution in [1.82, 2.24) is 9.97 Å². The number of rotatable bonds is 5. The lowest BCUT2D eigenvalue weighted by Gasteiger charge is -2.17. The third-order valence-corrected chi connectivity index (χ3v) is 3.60. The van der Waals surface area contributed by atoms with Gasteiger partial charge in [0.15, 0.2) is 0 Å². The smallest absolute Gasteiger partial charge is 0.232 e. The van der Waals surface area contributed by atoms with E-state index in [1.807, 2.05) is 11.9 Å². The maximum Gasteiger partial charge on any atom is 0.232 e. The molecule has 0 aliphatic rings. The van der Waals surface area contributed by atoms with Crippen LogP contribution in [0.3, 0.4) is 0 Å². The van der Waals surface area contributed by atoms with Gasteiger partial charge in [-0.2, -0.15) is 9.97 Å². The molecule has 0 unspecified atom stereocenters. The second-order valence-corrected chi connectivity index (χ2v) is 5.49. The maximum absolute atomic E-state index is 5.15. The van der Waals surface area contributed by atoms with E-state index in [0.717, 1.165) is 6.54 Å². The van der Waals surface area contributed by atoms with E-state index >= 15 is 0 Å². The van der Waals surface area contributed by atoms with Gasteiger partial charge in [-0.15, -0.1) is 11.3 Å². The van der Waals surface area contributed by atoms with Crippen LogP contribution in [0.5, 0.6) is 11.8 Å². The van der Waals surface area contributed by atoms with E-state index in [-0.39, 0.29) is 0 Å². The van der Waals surface area contributed by atoms with Gasteiger partial charge in [-0.3, -0.25) is 0 Å². The minimum atomic E-state index is 0.496. The Morgan fingerprint density at radius 2 is 1.79 bits per heavy atom. The number of hydrogen-bond acceptors (Lipinski definition) is 6. The first kappa shape index (κ1) is 13.6. The lowest BCUT2D eigenvalue weighted by Crippen LogP contribution is -2.18. The van der Waals surface area contributed by atoms with Crippen LogP contribution in [-0.4, -0.2) is 31.2 Å². The van der Waals surface area contributed by atoms with Crippen molar-refractivity contribution in [1.29, 1.82) is 0 Å². The number of ether oxygens (including phenoxy) is 2. The van der Waals surface area contributed by atoms with Gasteiger partial charge in [-0.25, -0.2) is 0 Å². The largest absolute Gasteiger partial charge is 0.481 e. The number of hydrogen-bond donors (Lipinski definition) is 0. The lowest BCUT2D eigenvalue weighted by atomic mass is 10.4. The van der Waals surface area contributed by atoms with Crippen LogP contribution in [0.1, 0.15) is 9.75 Å². The summed E-state index contributed by atoms with van der Waals surface area (Å²) in [7, 11) is 5.10. The van der Waals surface area contributed by atoms with Crippen molar-refractivity contribution < 1.29 is 9.47 Å². The van der Waals surface area contributed by atoms with Gasteiger partial charge in [-0.1, -0.05) is 0 Å². The Bertz CT molecular complexity index is 534. The molecule has 2 aromatic rings. The molecule has 0 fully saturated rings. The summed E-state index contributed by atoms with van der Waals surface area (Å²) < 4.78 is 10.3. The highest BCUT2D eigenvalue weighted by atomic mass is 32.1. The molecule has 19 heavy (non-hydrogen) atoms. The number of thiophene rings is 1. The molecular weight excluding hydrogens is 262 g/mol. The summed E-state index contributed by atoms with van der Waals surface area (Å²) in [5.41, 5.74) is 0. The number of aryl methyl sites for hydroxylation is 1. The predicted molar refractivity (Wildman–Crippen MR) is 76.3 cm³/mol. The zero-order chi connectivity index (χ0) is 13.8. The van der Waals surface area contributed by atoms with Gasteiger partial charge in [0.05, 0.1) is 26.8 Å². The van der Waals surface area contributed by atoms with Crippen molar-refractivity contribution in [3.8, 4) is 11.8 Å². The van der Waals surface area contributed by atoms with Crippen molar-refractivity contribution in [2.45, 2.75) is 13.5 Å². The molecule has 0 aliphatic heterocycles. The van der Waals surface area contributed by atoms with Gasteiger partial charge in [0, 0.05) is 16.8 Å². The van der Waals surface area contributed by atoms with Gasteiger partial charge in [0.1, 0.15) is 0 Å². The maximum atomic E-state index is 5.15. The van der Waals surface area contributed by atoms with E-state index < -0.39 is 0 Å². The number of anilines is 1. The quantitative estimate of drug-likeness (QED) is 0.841. The monoisotopic (exact) mass is 279 g/mol. The van der Waals surface area contributed by atoms with E-state index in [0.29, 0.717) is 17.7 Å². The van der Waals surface area contributed by atoms with Crippen LogP contribution >= 0.6 is 11.3 Å². The SMILES string of the molecule is COc1cc(OC)nc(N(C)Cc2ccc(C)s2)n1. The molecule has 0 atom stereocenters. The van der Waals surface area contributed by atoms with Crippen LogP contribution in [0.2, 0.25) is 0 Å². The summed E-state index contributed by atoms with van der Waals surface area (Å²) in [6.07, 6.45) is 0. The Kier molecular flexibility index (Phi) is 4.21. The molecule has 0 spiro atoms. The zero-order valence-electron chi connectivity index (χ0n) is 11.5. The van der Waals surface area contributed by atoms with Crippen LogP contribution in [0.25, 0.3) is 0 Å². The molecule has 0 aromatic carbocycles. The first-order chi connectivity index (χ1) is 9.12. The topological polar surface area (TPSA) is 47.5 Å². The molecule has 0 amide bonds. The van der Waals surface area contributed by atoms with Crippen molar-refractivity contribution in [3.63, 3.8) is 0 Å². The van der Waals surface area contributed by atoms with E-state index in [1.54, 1.807) is 31.6 Å². The predicted octanol–water partition coefficient (Wildman–Crippen LogP) is 2.50. The van der Waals surface area contributed by atoms with Crippen molar-refractivity contribution in [2.75, 3.05) is 26.2 Å². The Morgan fingerprint density at radius 1 is 1.16 bits per heavy atom. The van der Waals surface area contributed by atoms with Gasteiger partial charge >= 0.3 is 0 Å². The van der Waals surface area contributed by atoms with Crippen molar-refractivity contribution in [2.24, 2.45) is 0 Å². The van der Waals surface area contributed by atoms with Gasteiger partial charge in [-0.05, 0) is 19.1 Å². The third kappa shape index (κ3) is 3.35. The zero-order valence-corrected chi connectivity index (χ0v) is 12.3. The van der Waals surface area contributed by atoms with E-state index in [4.69, 9.17) is 9.47 Å². The highest BCUT2D eigenvalue weighted by molar-refractivity contribution is 7.11. The van der Waals surface area contributed by atoms with E-state index in [2.05, 4.69) is 29.0 Å². The first-order valence-electron chi connectivity index (χ1n) is 5.86. The molecule has 0 saturated heterocycles. The number of nitrogens with zero attached hydrogens (tertiary/aromatic N) is 3. The highest BCUT2D eigenvalue weighted by Gasteiger charge is 2.11. The molecule has 2 aromatic heterocycles. The molecule has 2 rings (SSSR count). The van der Waals surface area contributed by atoms with Crippen LogP contribution in [0.4, 0.5) is 5.95 Å². The molecule has 0 bridgehead atoms. The Balaban J connectivity index is 2.20. The molecule has 102 valence electrons. The van der Waals surface area contributed by atoms with Crippen molar-refractivity contribution in [3.05, 3.63) is 28.0 Å². The van der Waals surface area contributed by atoms with Gasteiger partial charge < -0.3 is 14.4 Å². The molecule has 0 N–H and O–H groups in total. The molecule has 6 heteroatoms.